The topological polar surface area (TPSA) is 29.5 Å². The number of hydrogen-bond acceptors (Lipinski definition) is 2. The van der Waals surface area contributed by atoms with E-state index < -0.39 is 0 Å². The zero-order valence-electron chi connectivity index (χ0n) is 7.92. The number of hydrogen-bond donors (Lipinski definition) is 1. The lowest BCUT2D eigenvalue weighted by molar-refractivity contribution is 0.418. The van der Waals surface area contributed by atoms with Crippen molar-refractivity contribution in [1.82, 2.24) is 0 Å². The molecule has 0 saturated heterocycles. The number of methoxy groups -OCH3 is 1. The molecule has 0 amide bonds. The predicted octanol–water partition coefficient (Wildman–Crippen LogP) is 3.86. The van der Waals surface area contributed by atoms with Gasteiger partial charge in [0.2, 0.25) is 0 Å². The van der Waals surface area contributed by atoms with Gasteiger partial charge in [-0.2, -0.15) is 0 Å². The van der Waals surface area contributed by atoms with Crippen molar-refractivity contribution >= 4 is 34.0 Å². The number of fused-ring (bicyclic) bond motifs is 1. The summed E-state index contributed by atoms with van der Waals surface area (Å²) in [7, 11) is 1.51. The Hall–Kier alpha value is -1.12. The summed E-state index contributed by atoms with van der Waals surface area (Å²) in [6, 6.07) is 7.23. The second kappa shape index (κ2) is 3.80. The third-order valence-electron chi connectivity index (χ3n) is 2.23. The molecule has 0 heterocycles. The van der Waals surface area contributed by atoms with Gasteiger partial charge in [-0.05, 0) is 0 Å². The average Bonchev–Trinajstić information content (AvgIpc) is 2.27. The molecule has 2 rings (SSSR count). The molecular formula is C11H8Cl2O2. The van der Waals surface area contributed by atoms with Crippen LogP contribution in [0.2, 0.25) is 10.0 Å². The Morgan fingerprint density at radius 3 is 2.27 bits per heavy atom. The van der Waals surface area contributed by atoms with E-state index in [1.54, 1.807) is 6.07 Å². The lowest BCUT2D eigenvalue weighted by Gasteiger charge is -2.11. The van der Waals surface area contributed by atoms with Gasteiger partial charge in [-0.25, -0.2) is 0 Å². The van der Waals surface area contributed by atoms with Crippen LogP contribution >= 0.6 is 23.2 Å². The molecule has 2 aromatic rings. The summed E-state index contributed by atoms with van der Waals surface area (Å²) < 4.78 is 5.17. The lowest BCUT2D eigenvalue weighted by Crippen LogP contribution is -1.88. The Labute approximate surface area is 97.0 Å². The molecule has 2 aromatic carbocycles. The molecule has 0 aromatic heterocycles. The first-order valence-corrected chi connectivity index (χ1v) is 5.05. The summed E-state index contributed by atoms with van der Waals surface area (Å²) in [5, 5.41) is 11.5. The molecule has 0 aliphatic heterocycles. The molecule has 0 fully saturated rings. The zero-order valence-corrected chi connectivity index (χ0v) is 9.43. The predicted molar refractivity (Wildman–Crippen MR) is 62.2 cm³/mol. The van der Waals surface area contributed by atoms with Crippen molar-refractivity contribution < 1.29 is 9.84 Å². The van der Waals surface area contributed by atoms with Gasteiger partial charge in [0.25, 0.3) is 0 Å². The second-order valence-electron chi connectivity index (χ2n) is 3.06. The Balaban J connectivity index is 2.98. The van der Waals surface area contributed by atoms with Gasteiger partial charge in [-0.3, -0.25) is 0 Å². The molecule has 0 radical (unpaired) electrons. The van der Waals surface area contributed by atoms with Gasteiger partial charge >= 0.3 is 0 Å². The standard InChI is InChI=1S/C11H8Cl2O2/c1-15-11-7-5-3-2-4-6(7)10(14)8(12)9(11)13/h2-5,14H,1H3. The van der Waals surface area contributed by atoms with Gasteiger partial charge in [0.05, 0.1) is 7.11 Å². The van der Waals surface area contributed by atoms with Crippen molar-refractivity contribution in [2.24, 2.45) is 0 Å². The van der Waals surface area contributed by atoms with Crippen LogP contribution in [0.15, 0.2) is 24.3 Å². The van der Waals surface area contributed by atoms with E-state index in [4.69, 9.17) is 27.9 Å². The average molecular weight is 243 g/mol. The quantitative estimate of drug-likeness (QED) is 0.823. The highest BCUT2D eigenvalue weighted by Gasteiger charge is 2.16. The molecule has 15 heavy (non-hydrogen) atoms. The number of benzene rings is 2. The Kier molecular flexibility index (Phi) is 2.63. The Bertz CT molecular complexity index is 523. The van der Waals surface area contributed by atoms with Crippen LogP contribution in [-0.2, 0) is 0 Å². The maximum absolute atomic E-state index is 9.79. The number of phenolic OH excluding ortho intramolecular Hbond substituents is 1. The van der Waals surface area contributed by atoms with Crippen LogP contribution in [0.25, 0.3) is 10.8 Å². The molecule has 0 spiro atoms. The van der Waals surface area contributed by atoms with E-state index in [0.717, 1.165) is 5.39 Å². The van der Waals surface area contributed by atoms with Crippen molar-refractivity contribution in [3.05, 3.63) is 34.3 Å². The third kappa shape index (κ3) is 1.50. The van der Waals surface area contributed by atoms with Gasteiger partial charge < -0.3 is 9.84 Å². The fourth-order valence-corrected chi connectivity index (χ4v) is 1.98. The molecule has 2 nitrogen and oxygen atoms in total. The van der Waals surface area contributed by atoms with Gasteiger partial charge in [0.15, 0.2) is 0 Å². The van der Waals surface area contributed by atoms with Crippen LogP contribution < -0.4 is 4.74 Å². The number of phenols is 1. The third-order valence-corrected chi connectivity index (χ3v) is 3.06. The molecule has 0 bridgehead atoms. The van der Waals surface area contributed by atoms with E-state index in [9.17, 15) is 5.11 Å². The van der Waals surface area contributed by atoms with Crippen LogP contribution in [0.3, 0.4) is 0 Å². The van der Waals surface area contributed by atoms with E-state index in [2.05, 4.69) is 0 Å². The minimum absolute atomic E-state index is 0.0157. The maximum atomic E-state index is 9.79. The van der Waals surface area contributed by atoms with Crippen LogP contribution in [0.5, 0.6) is 11.5 Å². The highest BCUT2D eigenvalue weighted by molar-refractivity contribution is 6.45. The molecule has 78 valence electrons. The number of rotatable bonds is 1. The summed E-state index contributed by atoms with van der Waals surface area (Å²) >= 11 is 11.8. The van der Waals surface area contributed by atoms with E-state index in [1.807, 2.05) is 18.2 Å². The van der Waals surface area contributed by atoms with E-state index in [1.165, 1.54) is 7.11 Å². The Morgan fingerprint density at radius 2 is 1.67 bits per heavy atom. The van der Waals surface area contributed by atoms with Crippen molar-refractivity contribution in [1.29, 1.82) is 0 Å². The van der Waals surface area contributed by atoms with E-state index >= 15 is 0 Å². The normalized spacial score (nSPS) is 10.6. The number of halogens is 2. The maximum Gasteiger partial charge on any atom is 0.147 e. The largest absolute Gasteiger partial charge is 0.506 e. The van der Waals surface area contributed by atoms with Crippen molar-refractivity contribution in [2.45, 2.75) is 0 Å². The van der Waals surface area contributed by atoms with Crippen molar-refractivity contribution in [2.75, 3.05) is 7.11 Å². The second-order valence-corrected chi connectivity index (χ2v) is 3.81. The zero-order chi connectivity index (χ0) is 11.0. The fourth-order valence-electron chi connectivity index (χ4n) is 1.53. The van der Waals surface area contributed by atoms with Crippen molar-refractivity contribution in [3.8, 4) is 11.5 Å². The van der Waals surface area contributed by atoms with Crippen molar-refractivity contribution in [3.63, 3.8) is 0 Å². The molecule has 0 aliphatic rings. The molecule has 0 saturated carbocycles. The number of aromatic hydroxyl groups is 1. The molecule has 4 heteroatoms. The SMILES string of the molecule is COc1c(Cl)c(Cl)c(O)c2ccccc12. The first-order valence-electron chi connectivity index (χ1n) is 4.29. The van der Waals surface area contributed by atoms with Crippen LogP contribution in [0.1, 0.15) is 0 Å². The smallest absolute Gasteiger partial charge is 0.147 e. The highest BCUT2D eigenvalue weighted by Crippen LogP contribution is 2.45. The highest BCUT2D eigenvalue weighted by atomic mass is 35.5. The molecule has 0 aliphatic carbocycles. The lowest BCUT2D eigenvalue weighted by atomic mass is 10.1. The minimum Gasteiger partial charge on any atom is -0.506 e. The fraction of sp³-hybridized carbons (Fsp3) is 0.0909. The van der Waals surface area contributed by atoms with Crippen LogP contribution in [-0.4, -0.2) is 12.2 Å². The summed E-state index contributed by atoms with van der Waals surface area (Å²) in [6.07, 6.45) is 0. The van der Waals surface area contributed by atoms with Crippen LogP contribution in [0, 0.1) is 0 Å². The van der Waals surface area contributed by atoms with Gasteiger partial charge in [0.1, 0.15) is 21.5 Å². The Morgan fingerprint density at radius 1 is 1.07 bits per heavy atom. The summed E-state index contributed by atoms with van der Waals surface area (Å²) in [5.41, 5.74) is 0. The molecule has 0 atom stereocenters. The minimum atomic E-state index is -0.0157. The first kappa shape index (κ1) is 10.4. The summed E-state index contributed by atoms with van der Waals surface area (Å²) in [4.78, 5) is 0. The van der Waals surface area contributed by atoms with Gasteiger partial charge in [0, 0.05) is 10.8 Å². The first-order chi connectivity index (χ1) is 7.16. The molecule has 0 unspecified atom stereocenters. The monoisotopic (exact) mass is 242 g/mol. The van der Waals surface area contributed by atoms with Gasteiger partial charge in [-0.1, -0.05) is 47.5 Å². The summed E-state index contributed by atoms with van der Waals surface area (Å²) in [6.45, 7) is 0. The van der Waals surface area contributed by atoms with Crippen LogP contribution in [0.4, 0.5) is 0 Å². The molecule has 1 N–H and O–H groups in total. The molecular weight excluding hydrogens is 235 g/mol. The van der Waals surface area contributed by atoms with E-state index in [0.29, 0.717) is 11.1 Å². The van der Waals surface area contributed by atoms with Gasteiger partial charge in [-0.15, -0.1) is 0 Å². The summed E-state index contributed by atoms with van der Waals surface area (Å²) in [5.74, 6) is 0.466. The van der Waals surface area contributed by atoms with E-state index in [-0.39, 0.29) is 15.8 Å². The number of ether oxygens (including phenoxy) is 1.